The van der Waals surface area contributed by atoms with E-state index in [2.05, 4.69) is 22.3 Å². The number of rotatable bonds is 10. The van der Waals surface area contributed by atoms with Crippen LogP contribution in [0.2, 0.25) is 10.0 Å². The summed E-state index contributed by atoms with van der Waals surface area (Å²) in [4.78, 5) is 51.0. The van der Waals surface area contributed by atoms with Crippen molar-refractivity contribution >= 4 is 47.4 Å². The van der Waals surface area contributed by atoms with E-state index in [9.17, 15) is 18.8 Å². The Balaban J connectivity index is 0.00000155. The Morgan fingerprint density at radius 1 is 1.19 bits per heavy atom. The van der Waals surface area contributed by atoms with E-state index in [0.29, 0.717) is 25.9 Å². The van der Waals surface area contributed by atoms with E-state index in [1.807, 2.05) is 18.2 Å². The summed E-state index contributed by atoms with van der Waals surface area (Å²) in [5.41, 5.74) is 13.1. The molecule has 10 nitrogen and oxygen atoms in total. The molecule has 4 atom stereocenters. The van der Waals surface area contributed by atoms with Crippen molar-refractivity contribution in [2.75, 3.05) is 13.1 Å². The largest absolute Gasteiger partial charge is 0.483 e. The van der Waals surface area contributed by atoms with Gasteiger partial charge in [0.2, 0.25) is 17.7 Å². The third kappa shape index (κ3) is 8.64. The van der Waals surface area contributed by atoms with E-state index in [0.717, 1.165) is 12.8 Å². The normalized spacial score (nSPS) is 21.0. The Bertz CT molecular complexity index is 1250. The molecule has 2 aliphatic rings. The lowest BCUT2D eigenvalue weighted by Crippen LogP contribution is -2.53. The van der Waals surface area contributed by atoms with Crippen LogP contribution >= 0.6 is 23.2 Å². The fourth-order valence-electron chi connectivity index (χ4n) is 5.60. The number of nitrogens with one attached hydrogen (secondary N) is 1. The monoisotopic (exact) mass is 623 g/mol. The number of fused-ring (bicyclic) bond motifs is 1. The molecule has 6 N–H and O–H groups in total. The predicted octanol–water partition coefficient (Wildman–Crippen LogP) is 2.72. The maximum atomic E-state index is 14.5. The molecule has 4 rings (SSSR count). The van der Waals surface area contributed by atoms with Crippen molar-refractivity contribution in [1.82, 2.24) is 15.1 Å². The number of halogens is 3. The molecule has 0 spiro atoms. The van der Waals surface area contributed by atoms with Gasteiger partial charge in [0.25, 0.3) is 6.47 Å². The highest BCUT2D eigenvalue weighted by molar-refractivity contribution is 6.42. The van der Waals surface area contributed by atoms with Crippen LogP contribution in [0.1, 0.15) is 43.2 Å². The molecule has 13 heteroatoms. The van der Waals surface area contributed by atoms with Gasteiger partial charge < -0.3 is 26.8 Å². The van der Waals surface area contributed by atoms with Crippen molar-refractivity contribution in [3.63, 3.8) is 0 Å². The van der Waals surface area contributed by atoms with Gasteiger partial charge in [0.1, 0.15) is 11.9 Å². The van der Waals surface area contributed by atoms with Crippen LogP contribution in [0, 0.1) is 5.82 Å². The Labute approximate surface area is 254 Å². The molecule has 0 aromatic heterocycles. The molecule has 228 valence electrons. The maximum Gasteiger partial charge on any atom is 0.290 e. The fraction of sp³-hybridized carbons (Fsp3) is 0.448. The molecule has 2 aromatic rings. The smallest absolute Gasteiger partial charge is 0.290 e. The molecule has 0 aliphatic carbocycles. The van der Waals surface area contributed by atoms with Crippen LogP contribution in [0.15, 0.2) is 42.5 Å². The van der Waals surface area contributed by atoms with Gasteiger partial charge in [-0.05, 0) is 43.7 Å². The Morgan fingerprint density at radius 2 is 1.88 bits per heavy atom. The number of benzene rings is 2. The Kier molecular flexibility index (Phi) is 12.5. The number of aryl methyl sites for hydroxylation is 1. The van der Waals surface area contributed by atoms with Crippen LogP contribution in [0.25, 0.3) is 0 Å². The molecule has 1 unspecified atom stereocenters. The zero-order valence-corrected chi connectivity index (χ0v) is 24.6. The minimum atomic E-state index is -0.942. The second-order valence-corrected chi connectivity index (χ2v) is 11.2. The van der Waals surface area contributed by atoms with Crippen molar-refractivity contribution in [2.24, 2.45) is 11.5 Å². The Hall–Kier alpha value is -3.25. The molecule has 42 heavy (non-hydrogen) atoms. The Morgan fingerprint density at radius 3 is 2.55 bits per heavy atom. The summed E-state index contributed by atoms with van der Waals surface area (Å²) in [6.45, 7) is 0.549. The molecule has 3 amide bonds. The van der Waals surface area contributed by atoms with Crippen LogP contribution in [0.5, 0.6) is 0 Å². The molecular weight excluding hydrogens is 588 g/mol. The molecule has 0 bridgehead atoms. The fourth-order valence-corrected chi connectivity index (χ4v) is 5.93. The van der Waals surface area contributed by atoms with Gasteiger partial charge in [-0.25, -0.2) is 4.39 Å². The molecule has 0 radical (unpaired) electrons. The molecule has 2 aromatic carbocycles. The second-order valence-electron chi connectivity index (χ2n) is 10.4. The average Bonchev–Trinajstić information content (AvgIpc) is 3.31. The summed E-state index contributed by atoms with van der Waals surface area (Å²) in [7, 11) is 0. The lowest BCUT2D eigenvalue weighted by molar-refractivity contribution is -0.143. The second kappa shape index (κ2) is 15.8. The first-order valence-corrected chi connectivity index (χ1v) is 14.4. The highest BCUT2D eigenvalue weighted by Gasteiger charge is 2.45. The SMILES string of the molecule is NC(=O)CC[C@H](C(=O)NCc1ccc(Cl)c(Cl)c1F)N1CCC(CCc2ccccc2)N2C[C@H](N)C[C@H]2C1=O.O=CO. The average molecular weight is 625 g/mol. The molecule has 2 fully saturated rings. The van der Waals surface area contributed by atoms with Gasteiger partial charge in [-0.2, -0.15) is 0 Å². The van der Waals surface area contributed by atoms with Crippen molar-refractivity contribution in [3.8, 4) is 0 Å². The first kappa shape index (κ1) is 33.3. The van der Waals surface area contributed by atoms with Gasteiger partial charge in [-0.1, -0.05) is 59.6 Å². The summed E-state index contributed by atoms with van der Waals surface area (Å²) in [6.07, 6.45) is 2.85. The van der Waals surface area contributed by atoms with Crippen molar-refractivity contribution in [3.05, 3.63) is 69.5 Å². The summed E-state index contributed by atoms with van der Waals surface area (Å²) < 4.78 is 14.5. The maximum absolute atomic E-state index is 14.5. The molecular formula is C29H36Cl2FN5O5. The molecule has 2 aliphatic heterocycles. The van der Waals surface area contributed by atoms with Gasteiger partial charge in [-0.3, -0.25) is 24.1 Å². The van der Waals surface area contributed by atoms with Gasteiger partial charge in [0, 0.05) is 43.7 Å². The van der Waals surface area contributed by atoms with E-state index in [-0.39, 0.29) is 59.5 Å². The number of nitrogens with two attached hydrogens (primary N) is 2. The molecule has 2 heterocycles. The summed E-state index contributed by atoms with van der Waals surface area (Å²) >= 11 is 11.8. The van der Waals surface area contributed by atoms with Crippen molar-refractivity contribution in [2.45, 2.75) is 69.2 Å². The van der Waals surface area contributed by atoms with Gasteiger partial charge in [-0.15, -0.1) is 0 Å². The summed E-state index contributed by atoms with van der Waals surface area (Å²) in [5.74, 6) is -1.97. The number of carbonyl (C=O) groups is 4. The van der Waals surface area contributed by atoms with Crippen molar-refractivity contribution < 1.29 is 28.7 Å². The quantitative estimate of drug-likeness (QED) is 0.234. The van der Waals surface area contributed by atoms with Gasteiger partial charge in [0.15, 0.2) is 0 Å². The minimum absolute atomic E-state index is 0.0597. The van der Waals surface area contributed by atoms with E-state index < -0.39 is 29.7 Å². The zero-order chi connectivity index (χ0) is 30.8. The van der Waals surface area contributed by atoms with Crippen LogP contribution in [-0.2, 0) is 32.1 Å². The lowest BCUT2D eigenvalue weighted by atomic mass is 10.0. The zero-order valence-electron chi connectivity index (χ0n) is 23.1. The summed E-state index contributed by atoms with van der Waals surface area (Å²) in [5, 5.41) is 9.44. The minimum Gasteiger partial charge on any atom is -0.483 e. The van der Waals surface area contributed by atoms with Gasteiger partial charge in [0.05, 0.1) is 16.1 Å². The molecule has 2 saturated heterocycles. The van der Waals surface area contributed by atoms with E-state index in [4.69, 9.17) is 44.6 Å². The van der Waals surface area contributed by atoms with Crippen LogP contribution in [0.3, 0.4) is 0 Å². The standard InChI is InChI=1S/C28H34Cl2FN5O3.CH2O2/c29-21-9-7-18(26(31)25(21)30)15-34-27(38)22(10-11-24(33)37)35-13-12-20(8-6-17-4-2-1-3-5-17)36-16-19(32)14-23(36)28(35)39;2-1-3/h1-5,7,9,19-20,22-23H,6,8,10-16,32H2,(H2,33,37)(H,34,38);1H,(H,2,3)/t19-,20?,22-,23+;/m1./s1. The highest BCUT2D eigenvalue weighted by atomic mass is 35.5. The first-order valence-electron chi connectivity index (χ1n) is 13.7. The predicted molar refractivity (Wildman–Crippen MR) is 157 cm³/mol. The van der Waals surface area contributed by atoms with E-state index in [1.54, 1.807) is 4.90 Å². The number of primary amides is 1. The summed E-state index contributed by atoms with van der Waals surface area (Å²) in [6, 6.07) is 11.6. The van der Waals surface area contributed by atoms with E-state index >= 15 is 0 Å². The first-order chi connectivity index (χ1) is 20.1. The van der Waals surface area contributed by atoms with Gasteiger partial charge >= 0.3 is 0 Å². The number of amides is 3. The highest BCUT2D eigenvalue weighted by Crippen LogP contribution is 2.31. The third-order valence-corrected chi connectivity index (χ3v) is 8.41. The topological polar surface area (TPSA) is 159 Å². The van der Waals surface area contributed by atoms with Crippen molar-refractivity contribution in [1.29, 1.82) is 0 Å². The number of hydrogen-bond donors (Lipinski definition) is 4. The third-order valence-electron chi connectivity index (χ3n) is 7.63. The van der Waals surface area contributed by atoms with Crippen LogP contribution < -0.4 is 16.8 Å². The number of carboxylic acid groups (broad SMARTS) is 1. The molecule has 0 saturated carbocycles. The van der Waals surface area contributed by atoms with Crippen LogP contribution in [-0.4, -0.2) is 76.4 Å². The van der Waals surface area contributed by atoms with Crippen LogP contribution in [0.4, 0.5) is 4.39 Å². The lowest BCUT2D eigenvalue weighted by Gasteiger charge is -2.32. The number of hydrogen-bond acceptors (Lipinski definition) is 6. The number of nitrogens with zero attached hydrogens (tertiary/aromatic N) is 2. The number of carbonyl (C=O) groups excluding carboxylic acids is 3. The van der Waals surface area contributed by atoms with E-state index in [1.165, 1.54) is 17.7 Å².